The van der Waals surface area contributed by atoms with E-state index in [9.17, 15) is 13.2 Å². The predicted molar refractivity (Wildman–Crippen MR) is 119 cm³/mol. The summed E-state index contributed by atoms with van der Waals surface area (Å²) < 4.78 is 27.8. The third-order valence-electron chi connectivity index (χ3n) is 5.39. The fraction of sp³-hybridized carbons (Fsp3) is 0.217. The molecule has 1 aliphatic heterocycles. The first-order valence-electron chi connectivity index (χ1n) is 9.85. The van der Waals surface area contributed by atoms with E-state index in [-0.39, 0.29) is 22.4 Å². The van der Waals surface area contributed by atoms with Crippen molar-refractivity contribution >= 4 is 27.3 Å². The first-order valence-corrected chi connectivity index (χ1v) is 12.2. The zero-order chi connectivity index (χ0) is 22.0. The van der Waals surface area contributed by atoms with Crippen LogP contribution >= 0.6 is 11.3 Å². The maximum absolute atomic E-state index is 13.2. The molecule has 0 saturated carbocycles. The first kappa shape index (κ1) is 21.2. The molecule has 0 radical (unpaired) electrons. The minimum Gasteiger partial charge on any atom is -0.346 e. The van der Waals surface area contributed by atoms with Gasteiger partial charge in [0.15, 0.2) is 0 Å². The van der Waals surface area contributed by atoms with Crippen molar-refractivity contribution in [1.82, 2.24) is 9.62 Å². The fourth-order valence-electron chi connectivity index (χ4n) is 3.58. The Balaban J connectivity index is 1.51. The molecule has 1 amide bonds. The number of carbonyl (C=O) groups is 1. The molecule has 1 atom stereocenters. The Kier molecular flexibility index (Phi) is 5.92. The Labute approximate surface area is 185 Å². The van der Waals surface area contributed by atoms with Gasteiger partial charge in [0.2, 0.25) is 10.0 Å². The number of hydrogen-bond donors (Lipinski definition) is 1. The fourth-order valence-corrected chi connectivity index (χ4v) is 5.94. The number of rotatable bonds is 5. The van der Waals surface area contributed by atoms with E-state index in [0.29, 0.717) is 25.1 Å². The molecule has 0 saturated heterocycles. The predicted octanol–water partition coefficient (Wildman–Crippen LogP) is 3.86. The maximum Gasteiger partial charge on any atom is 0.251 e. The molecule has 4 rings (SSSR count). The number of sulfonamides is 1. The molecule has 0 aliphatic carbocycles. The topological polar surface area (TPSA) is 90.3 Å². The number of nitrogens with zero attached hydrogens (tertiary/aromatic N) is 2. The van der Waals surface area contributed by atoms with Crippen molar-refractivity contribution < 1.29 is 13.2 Å². The number of nitriles is 1. The van der Waals surface area contributed by atoms with Crippen molar-refractivity contribution in [1.29, 1.82) is 5.26 Å². The zero-order valence-corrected chi connectivity index (χ0v) is 18.5. The summed E-state index contributed by atoms with van der Waals surface area (Å²) in [5.41, 5.74) is 2.74. The summed E-state index contributed by atoms with van der Waals surface area (Å²) in [6.07, 6.45) is 0.703. The van der Waals surface area contributed by atoms with Gasteiger partial charge < -0.3 is 5.32 Å². The lowest BCUT2D eigenvalue weighted by atomic mass is 10.1. The molecule has 2 heterocycles. The van der Waals surface area contributed by atoms with Gasteiger partial charge in [-0.05, 0) is 66.2 Å². The van der Waals surface area contributed by atoms with Gasteiger partial charge in [-0.25, -0.2) is 8.42 Å². The van der Waals surface area contributed by atoms with Gasteiger partial charge in [-0.15, -0.1) is 11.3 Å². The van der Waals surface area contributed by atoms with Crippen molar-refractivity contribution in [2.75, 3.05) is 6.54 Å². The van der Waals surface area contributed by atoms with Gasteiger partial charge in [0.25, 0.3) is 5.91 Å². The van der Waals surface area contributed by atoms with Gasteiger partial charge in [0, 0.05) is 23.5 Å². The van der Waals surface area contributed by atoms with E-state index >= 15 is 0 Å². The minimum absolute atomic E-state index is 0.116. The molecule has 0 spiro atoms. The number of hydrogen-bond acceptors (Lipinski definition) is 5. The normalized spacial score (nSPS) is 15.0. The number of carbonyl (C=O) groups excluding carboxylic acids is 1. The smallest absolute Gasteiger partial charge is 0.251 e. The Morgan fingerprint density at radius 2 is 1.97 bits per heavy atom. The number of fused-ring (bicyclic) bond motifs is 1. The molecule has 0 fully saturated rings. The van der Waals surface area contributed by atoms with Crippen LogP contribution in [0.5, 0.6) is 0 Å². The second kappa shape index (κ2) is 8.63. The second-order valence-electron chi connectivity index (χ2n) is 7.41. The van der Waals surface area contributed by atoms with E-state index in [4.69, 9.17) is 5.26 Å². The van der Waals surface area contributed by atoms with E-state index < -0.39 is 10.0 Å². The molecule has 1 aromatic heterocycles. The lowest BCUT2D eigenvalue weighted by Gasteiger charge is -2.26. The van der Waals surface area contributed by atoms with Crippen molar-refractivity contribution in [3.63, 3.8) is 0 Å². The largest absolute Gasteiger partial charge is 0.346 e. The monoisotopic (exact) mass is 451 g/mol. The number of nitrogens with one attached hydrogen (secondary N) is 1. The van der Waals surface area contributed by atoms with Crippen LogP contribution in [0.3, 0.4) is 0 Å². The lowest BCUT2D eigenvalue weighted by Crippen LogP contribution is -2.35. The van der Waals surface area contributed by atoms with Crippen molar-refractivity contribution in [3.05, 3.63) is 87.1 Å². The van der Waals surface area contributed by atoms with Crippen LogP contribution in [-0.2, 0) is 23.0 Å². The van der Waals surface area contributed by atoms with Crippen molar-refractivity contribution in [3.8, 4) is 6.07 Å². The highest BCUT2D eigenvalue weighted by Gasteiger charge is 2.29. The minimum atomic E-state index is -3.70. The van der Waals surface area contributed by atoms with E-state index in [1.807, 2.05) is 18.4 Å². The molecule has 1 N–H and O–H groups in total. The Hall–Kier alpha value is -2.99. The highest BCUT2D eigenvalue weighted by Crippen LogP contribution is 2.28. The summed E-state index contributed by atoms with van der Waals surface area (Å²) >= 11 is 1.66. The van der Waals surface area contributed by atoms with E-state index in [1.54, 1.807) is 47.7 Å². The highest BCUT2D eigenvalue weighted by atomic mass is 32.2. The van der Waals surface area contributed by atoms with Gasteiger partial charge in [-0.3, -0.25) is 4.79 Å². The summed E-state index contributed by atoms with van der Waals surface area (Å²) in [6.45, 7) is 2.63. The molecule has 0 bridgehead atoms. The average Bonchev–Trinajstić information content (AvgIpc) is 3.27. The van der Waals surface area contributed by atoms with Crippen LogP contribution in [0.25, 0.3) is 0 Å². The van der Waals surface area contributed by atoms with Crippen LogP contribution in [0.4, 0.5) is 0 Å². The van der Waals surface area contributed by atoms with Gasteiger partial charge in [0.05, 0.1) is 22.6 Å². The van der Waals surface area contributed by atoms with Crippen molar-refractivity contribution in [2.24, 2.45) is 0 Å². The van der Waals surface area contributed by atoms with E-state index in [1.165, 1.54) is 21.3 Å². The zero-order valence-electron chi connectivity index (χ0n) is 16.9. The quantitative estimate of drug-likeness (QED) is 0.638. The maximum atomic E-state index is 13.2. The number of thiophene rings is 1. The average molecular weight is 452 g/mol. The van der Waals surface area contributed by atoms with Gasteiger partial charge >= 0.3 is 0 Å². The molecule has 8 heteroatoms. The number of benzene rings is 2. The molecular weight excluding hydrogens is 430 g/mol. The van der Waals surface area contributed by atoms with E-state index in [0.717, 1.165) is 11.1 Å². The first-order chi connectivity index (χ1) is 14.9. The van der Waals surface area contributed by atoms with Crippen LogP contribution in [-0.4, -0.2) is 25.2 Å². The third kappa shape index (κ3) is 4.39. The molecule has 6 nitrogen and oxygen atoms in total. The van der Waals surface area contributed by atoms with Crippen LogP contribution in [0.15, 0.2) is 64.9 Å². The molecule has 1 aliphatic rings. The standard InChI is InChI=1S/C23H21N3O3S2/c1-16(18-7-5-17(14-24)6-8-18)25-23(27)19-3-2-4-21(13-19)31(28,29)26-11-9-22-20(15-26)10-12-30-22/h2-8,10,12-13,16H,9,11,15H2,1H3,(H,25,27). The molecule has 3 aromatic rings. The summed E-state index contributed by atoms with van der Waals surface area (Å²) in [4.78, 5) is 14.1. The summed E-state index contributed by atoms with van der Waals surface area (Å²) in [7, 11) is -3.70. The summed E-state index contributed by atoms with van der Waals surface area (Å²) in [5, 5.41) is 13.8. The summed E-state index contributed by atoms with van der Waals surface area (Å²) in [6, 6.07) is 16.9. The second-order valence-corrected chi connectivity index (χ2v) is 10.4. The molecule has 1 unspecified atom stereocenters. The highest BCUT2D eigenvalue weighted by molar-refractivity contribution is 7.89. The van der Waals surface area contributed by atoms with Crippen LogP contribution in [0.2, 0.25) is 0 Å². The SMILES string of the molecule is CC(NC(=O)c1cccc(S(=O)(=O)N2CCc3sccc3C2)c1)c1ccc(C#N)cc1. The third-order valence-corrected chi connectivity index (χ3v) is 8.26. The van der Waals surface area contributed by atoms with Crippen LogP contribution < -0.4 is 5.32 Å². The van der Waals surface area contributed by atoms with Crippen LogP contribution in [0.1, 0.15) is 44.9 Å². The molecule has 2 aromatic carbocycles. The van der Waals surface area contributed by atoms with Crippen LogP contribution in [0, 0.1) is 11.3 Å². The lowest BCUT2D eigenvalue weighted by molar-refractivity contribution is 0.0939. The van der Waals surface area contributed by atoms with Crippen molar-refractivity contribution in [2.45, 2.75) is 30.8 Å². The van der Waals surface area contributed by atoms with Gasteiger partial charge in [-0.1, -0.05) is 18.2 Å². The molecular formula is C23H21N3O3S2. The number of amides is 1. The Morgan fingerprint density at radius 3 is 2.71 bits per heavy atom. The van der Waals surface area contributed by atoms with E-state index in [2.05, 4.69) is 11.4 Å². The molecule has 31 heavy (non-hydrogen) atoms. The van der Waals surface area contributed by atoms with Gasteiger partial charge in [-0.2, -0.15) is 9.57 Å². The summed E-state index contributed by atoms with van der Waals surface area (Å²) in [5.74, 6) is -0.354. The molecule has 158 valence electrons. The Morgan fingerprint density at radius 1 is 1.19 bits per heavy atom. The Bertz CT molecular complexity index is 1260. The van der Waals surface area contributed by atoms with Gasteiger partial charge in [0.1, 0.15) is 0 Å².